The summed E-state index contributed by atoms with van der Waals surface area (Å²) in [5.41, 5.74) is -0.0393. The minimum absolute atomic E-state index is 0.123. The molecule has 5 nitrogen and oxygen atoms in total. The van der Waals surface area contributed by atoms with Crippen LogP contribution >= 0.6 is 0 Å². The van der Waals surface area contributed by atoms with E-state index in [0.717, 1.165) is 38.8 Å². The Morgan fingerprint density at radius 3 is 2.38 bits per heavy atom. The average Bonchev–Trinajstić information content (AvgIpc) is 2.58. The zero-order chi connectivity index (χ0) is 17.6. The first-order valence-electron chi connectivity index (χ1n) is 8.72. The third kappa shape index (κ3) is 5.46. The van der Waals surface area contributed by atoms with Crippen molar-refractivity contribution in [1.29, 1.82) is 0 Å². The third-order valence-electron chi connectivity index (χ3n) is 4.86. The second-order valence-corrected chi connectivity index (χ2v) is 6.59. The first-order chi connectivity index (χ1) is 11.4. The smallest absolute Gasteiger partial charge is 0.319 e. The molecule has 0 aliphatic carbocycles. The van der Waals surface area contributed by atoms with Gasteiger partial charge in [0.1, 0.15) is 5.82 Å². The number of urea groups is 1. The van der Waals surface area contributed by atoms with Crippen LogP contribution in [0.4, 0.5) is 14.9 Å². The van der Waals surface area contributed by atoms with Gasteiger partial charge in [-0.1, -0.05) is 13.8 Å². The topological polar surface area (TPSA) is 64.6 Å². The number of aliphatic hydroxyl groups is 1. The molecule has 24 heavy (non-hydrogen) atoms. The predicted octanol–water partition coefficient (Wildman–Crippen LogP) is 2.96. The lowest BCUT2D eigenvalue weighted by Crippen LogP contribution is -2.50. The Bertz CT molecular complexity index is 524. The summed E-state index contributed by atoms with van der Waals surface area (Å²) in [6, 6.07) is 5.56. The van der Waals surface area contributed by atoms with Gasteiger partial charge in [0.05, 0.1) is 5.60 Å². The van der Waals surface area contributed by atoms with Crippen molar-refractivity contribution in [2.75, 3.05) is 25.0 Å². The molecule has 0 unspecified atom stereocenters. The average molecular weight is 337 g/mol. The number of rotatable bonds is 6. The van der Waals surface area contributed by atoms with Crippen molar-refractivity contribution in [3.05, 3.63) is 30.1 Å². The number of carbonyl (C=O) groups excluding carboxylic acids is 1. The molecule has 6 heteroatoms. The van der Waals surface area contributed by atoms with E-state index in [-0.39, 0.29) is 17.9 Å². The molecule has 3 N–H and O–H groups in total. The molecule has 0 aromatic heterocycles. The molecule has 1 aliphatic heterocycles. The fourth-order valence-corrected chi connectivity index (χ4v) is 3.01. The summed E-state index contributed by atoms with van der Waals surface area (Å²) < 4.78 is 12.9. The molecule has 0 atom stereocenters. The number of anilines is 1. The Morgan fingerprint density at radius 2 is 1.83 bits per heavy atom. The van der Waals surface area contributed by atoms with E-state index in [4.69, 9.17) is 0 Å². The number of benzene rings is 1. The number of nitrogens with one attached hydrogen (secondary N) is 2. The summed E-state index contributed by atoms with van der Waals surface area (Å²) >= 11 is 0. The molecule has 1 saturated heterocycles. The molecule has 1 aromatic carbocycles. The SMILES string of the molecule is CCC(O)(CC)CN1CCC(NC(=O)Nc2ccc(F)cc2)CC1. The van der Waals surface area contributed by atoms with Crippen LogP contribution in [0.1, 0.15) is 39.5 Å². The molecule has 0 bridgehead atoms. The highest BCUT2D eigenvalue weighted by molar-refractivity contribution is 5.89. The fourth-order valence-electron chi connectivity index (χ4n) is 3.01. The Labute approximate surface area is 143 Å². The highest BCUT2D eigenvalue weighted by atomic mass is 19.1. The minimum atomic E-state index is -0.611. The van der Waals surface area contributed by atoms with Crippen LogP contribution in [0, 0.1) is 5.82 Å². The van der Waals surface area contributed by atoms with E-state index >= 15 is 0 Å². The number of amides is 2. The maximum atomic E-state index is 12.9. The van der Waals surface area contributed by atoms with Gasteiger partial charge in [-0.05, 0) is 49.9 Å². The quantitative estimate of drug-likeness (QED) is 0.748. The van der Waals surface area contributed by atoms with Crippen molar-refractivity contribution in [3.8, 4) is 0 Å². The van der Waals surface area contributed by atoms with Crippen LogP contribution in [0.25, 0.3) is 0 Å². The number of carbonyl (C=O) groups is 1. The maximum absolute atomic E-state index is 12.9. The van der Waals surface area contributed by atoms with E-state index in [9.17, 15) is 14.3 Å². The van der Waals surface area contributed by atoms with Gasteiger partial charge in [-0.2, -0.15) is 0 Å². The molecule has 0 radical (unpaired) electrons. The number of β-amino-alcohol motifs (C(OH)–C–C–N with tert-alkyl or cyclic N) is 1. The summed E-state index contributed by atoms with van der Waals surface area (Å²) in [7, 11) is 0. The third-order valence-corrected chi connectivity index (χ3v) is 4.86. The lowest BCUT2D eigenvalue weighted by molar-refractivity contribution is -0.00948. The normalized spacial score (nSPS) is 16.8. The van der Waals surface area contributed by atoms with Gasteiger partial charge in [0.15, 0.2) is 0 Å². The second kappa shape index (κ2) is 8.44. The summed E-state index contributed by atoms with van der Waals surface area (Å²) in [6.45, 7) is 6.44. The first-order valence-corrected chi connectivity index (χ1v) is 8.72. The zero-order valence-electron chi connectivity index (χ0n) is 14.5. The molecule has 0 saturated carbocycles. The fraction of sp³-hybridized carbons (Fsp3) is 0.611. The summed E-state index contributed by atoms with van der Waals surface area (Å²) in [4.78, 5) is 14.3. The molecule has 134 valence electrons. The molecule has 0 spiro atoms. The summed E-state index contributed by atoms with van der Waals surface area (Å²) in [5, 5.41) is 16.1. The van der Waals surface area contributed by atoms with Gasteiger partial charge >= 0.3 is 6.03 Å². The van der Waals surface area contributed by atoms with Crippen LogP contribution in [0.3, 0.4) is 0 Å². The van der Waals surface area contributed by atoms with Gasteiger partial charge in [0.25, 0.3) is 0 Å². The van der Waals surface area contributed by atoms with Crippen molar-refractivity contribution in [3.63, 3.8) is 0 Å². The Kier molecular flexibility index (Phi) is 6.57. The van der Waals surface area contributed by atoms with Gasteiger partial charge in [-0.25, -0.2) is 9.18 Å². The van der Waals surface area contributed by atoms with E-state index in [1.807, 2.05) is 13.8 Å². The first kappa shape index (κ1) is 18.7. The minimum Gasteiger partial charge on any atom is -0.389 e. The molecule has 1 aromatic rings. The highest BCUT2D eigenvalue weighted by Crippen LogP contribution is 2.19. The van der Waals surface area contributed by atoms with Gasteiger partial charge in [-0.15, -0.1) is 0 Å². The van der Waals surface area contributed by atoms with Gasteiger partial charge in [-0.3, -0.25) is 0 Å². The summed E-state index contributed by atoms with van der Waals surface area (Å²) in [6.07, 6.45) is 3.23. The number of likely N-dealkylation sites (tertiary alicyclic amines) is 1. The van der Waals surface area contributed by atoms with E-state index in [1.165, 1.54) is 24.3 Å². The largest absolute Gasteiger partial charge is 0.389 e. The second-order valence-electron chi connectivity index (χ2n) is 6.59. The predicted molar refractivity (Wildman–Crippen MR) is 93.5 cm³/mol. The number of piperidine rings is 1. The summed E-state index contributed by atoms with van der Waals surface area (Å²) in [5.74, 6) is -0.326. The van der Waals surface area contributed by atoms with Crippen molar-refractivity contribution in [1.82, 2.24) is 10.2 Å². The number of halogens is 1. The number of hydrogen-bond donors (Lipinski definition) is 3. The zero-order valence-corrected chi connectivity index (χ0v) is 14.5. The van der Waals surface area contributed by atoms with Gasteiger partial charge in [0.2, 0.25) is 0 Å². The number of nitrogens with zero attached hydrogens (tertiary/aromatic N) is 1. The molecule has 1 fully saturated rings. The van der Waals surface area contributed by atoms with Crippen molar-refractivity contribution in [2.24, 2.45) is 0 Å². The molecule has 1 heterocycles. The van der Waals surface area contributed by atoms with Crippen molar-refractivity contribution < 1.29 is 14.3 Å². The standard InChI is InChI=1S/C18H28FN3O2/c1-3-18(24,4-2)13-22-11-9-16(10-12-22)21-17(23)20-15-7-5-14(19)6-8-15/h5-8,16,24H,3-4,9-13H2,1-2H3,(H2,20,21,23). The van der Waals surface area contributed by atoms with Crippen LogP contribution in [0.2, 0.25) is 0 Å². The molecule has 2 rings (SSSR count). The lowest BCUT2D eigenvalue weighted by Gasteiger charge is -2.37. The molecular weight excluding hydrogens is 309 g/mol. The van der Waals surface area contributed by atoms with Crippen LogP contribution in [-0.4, -0.2) is 47.3 Å². The molecular formula is C18H28FN3O2. The van der Waals surface area contributed by atoms with Crippen LogP contribution < -0.4 is 10.6 Å². The van der Waals surface area contributed by atoms with Crippen LogP contribution in [-0.2, 0) is 0 Å². The van der Waals surface area contributed by atoms with Gasteiger partial charge < -0.3 is 20.6 Å². The lowest BCUT2D eigenvalue weighted by atomic mass is 9.95. The van der Waals surface area contributed by atoms with Gasteiger partial charge in [0, 0.05) is 31.4 Å². The van der Waals surface area contributed by atoms with Crippen LogP contribution in [0.15, 0.2) is 24.3 Å². The Balaban J connectivity index is 1.74. The van der Waals surface area contributed by atoms with Crippen molar-refractivity contribution >= 4 is 11.7 Å². The number of hydrogen-bond acceptors (Lipinski definition) is 3. The monoisotopic (exact) mass is 337 g/mol. The van der Waals surface area contributed by atoms with E-state index in [0.29, 0.717) is 12.2 Å². The van der Waals surface area contributed by atoms with E-state index < -0.39 is 5.60 Å². The van der Waals surface area contributed by atoms with E-state index in [1.54, 1.807) is 0 Å². The van der Waals surface area contributed by atoms with E-state index in [2.05, 4.69) is 15.5 Å². The van der Waals surface area contributed by atoms with Crippen molar-refractivity contribution in [2.45, 2.75) is 51.2 Å². The Hall–Kier alpha value is -1.66. The Morgan fingerprint density at radius 1 is 1.25 bits per heavy atom. The van der Waals surface area contributed by atoms with Crippen LogP contribution in [0.5, 0.6) is 0 Å². The maximum Gasteiger partial charge on any atom is 0.319 e. The highest BCUT2D eigenvalue weighted by Gasteiger charge is 2.28. The molecule has 2 amide bonds. The molecule has 1 aliphatic rings.